The molecule has 1 atom stereocenters. The molecule has 0 saturated carbocycles. The van der Waals surface area contributed by atoms with Gasteiger partial charge in [-0.1, -0.05) is 0 Å². The third-order valence-corrected chi connectivity index (χ3v) is 3.17. The van der Waals surface area contributed by atoms with E-state index in [1.54, 1.807) is 41.5 Å². The van der Waals surface area contributed by atoms with Gasteiger partial charge in [0.15, 0.2) is 0 Å². The van der Waals surface area contributed by atoms with Crippen LogP contribution in [0.2, 0.25) is 0 Å². The highest BCUT2D eigenvalue weighted by molar-refractivity contribution is 5.73. The molecule has 0 radical (unpaired) electrons. The molecule has 1 N–H and O–H groups in total. The van der Waals surface area contributed by atoms with Crippen LogP contribution in [0.25, 0.3) is 0 Å². The zero-order valence-electron chi connectivity index (χ0n) is 15.3. The van der Waals surface area contributed by atoms with Gasteiger partial charge in [-0.2, -0.15) is 0 Å². The summed E-state index contributed by atoms with van der Waals surface area (Å²) in [6, 6.07) is -0.654. The topological polar surface area (TPSA) is 96.4 Å². The molecule has 0 aromatic heterocycles. The molecule has 8 nitrogen and oxygen atoms in total. The Kier molecular flexibility index (Phi) is 6.08. The fourth-order valence-corrected chi connectivity index (χ4v) is 2.28. The maximum atomic E-state index is 12.3. The van der Waals surface area contributed by atoms with Crippen molar-refractivity contribution in [2.75, 3.05) is 19.6 Å². The molecular weight excluding hydrogens is 316 g/mol. The fourth-order valence-electron chi connectivity index (χ4n) is 2.28. The Morgan fingerprint density at radius 1 is 0.958 bits per heavy atom. The van der Waals surface area contributed by atoms with Gasteiger partial charge < -0.3 is 24.4 Å². The van der Waals surface area contributed by atoms with Crippen LogP contribution in [0.5, 0.6) is 0 Å². The molecule has 1 aliphatic heterocycles. The summed E-state index contributed by atoms with van der Waals surface area (Å²) < 4.78 is 10.6. The molecule has 0 aliphatic carbocycles. The SMILES string of the molecule is CC(C)(C)OC(=O)N1CCN(C(=O)OC(C)(C)C)C(CC(=O)O)C1. The highest BCUT2D eigenvalue weighted by Crippen LogP contribution is 2.20. The van der Waals surface area contributed by atoms with E-state index in [9.17, 15) is 14.4 Å². The van der Waals surface area contributed by atoms with Crippen molar-refractivity contribution in [2.45, 2.75) is 65.2 Å². The summed E-state index contributed by atoms with van der Waals surface area (Å²) in [5.41, 5.74) is -1.31. The smallest absolute Gasteiger partial charge is 0.410 e. The van der Waals surface area contributed by atoms with Gasteiger partial charge in [-0.3, -0.25) is 4.79 Å². The largest absolute Gasteiger partial charge is 0.481 e. The number of hydrogen-bond acceptors (Lipinski definition) is 5. The summed E-state index contributed by atoms with van der Waals surface area (Å²) >= 11 is 0. The molecule has 2 amide bonds. The van der Waals surface area contributed by atoms with Crippen molar-refractivity contribution in [3.63, 3.8) is 0 Å². The van der Waals surface area contributed by atoms with Crippen LogP contribution in [0, 0.1) is 0 Å². The van der Waals surface area contributed by atoms with Crippen LogP contribution in [0.4, 0.5) is 9.59 Å². The third kappa shape index (κ3) is 6.64. The van der Waals surface area contributed by atoms with Gasteiger partial charge in [0.05, 0.1) is 12.5 Å². The quantitative estimate of drug-likeness (QED) is 0.826. The Morgan fingerprint density at radius 2 is 1.46 bits per heavy atom. The van der Waals surface area contributed by atoms with Gasteiger partial charge in [-0.15, -0.1) is 0 Å². The number of ether oxygens (including phenoxy) is 2. The number of carbonyl (C=O) groups is 3. The number of aliphatic carboxylic acids is 1. The Morgan fingerprint density at radius 3 is 1.92 bits per heavy atom. The Labute approximate surface area is 142 Å². The first kappa shape index (κ1) is 20.1. The number of hydrogen-bond donors (Lipinski definition) is 1. The number of nitrogens with zero attached hydrogens (tertiary/aromatic N) is 2. The highest BCUT2D eigenvalue weighted by Gasteiger charge is 2.37. The molecule has 0 aromatic rings. The van der Waals surface area contributed by atoms with Gasteiger partial charge in [-0.25, -0.2) is 9.59 Å². The van der Waals surface area contributed by atoms with Gasteiger partial charge in [0.2, 0.25) is 0 Å². The van der Waals surface area contributed by atoms with E-state index in [2.05, 4.69) is 0 Å². The molecule has 0 spiro atoms. The van der Waals surface area contributed by atoms with Crippen molar-refractivity contribution >= 4 is 18.2 Å². The van der Waals surface area contributed by atoms with Gasteiger partial charge in [0.1, 0.15) is 11.2 Å². The average molecular weight is 344 g/mol. The molecule has 1 aliphatic rings. The summed E-state index contributed by atoms with van der Waals surface area (Å²) in [7, 11) is 0. The molecule has 1 unspecified atom stereocenters. The lowest BCUT2D eigenvalue weighted by molar-refractivity contribution is -0.138. The van der Waals surface area contributed by atoms with Crippen LogP contribution in [0.15, 0.2) is 0 Å². The molecule has 1 fully saturated rings. The standard InChI is InChI=1S/C16H28N2O6/c1-15(2,3)23-13(21)17-7-8-18(11(10-17)9-12(19)20)14(22)24-16(4,5)6/h11H,7-10H2,1-6H3,(H,19,20). The van der Waals surface area contributed by atoms with Crippen molar-refractivity contribution in [3.8, 4) is 0 Å². The number of carbonyl (C=O) groups excluding carboxylic acids is 2. The second-order valence-electron chi connectivity index (χ2n) is 7.85. The number of carboxylic acid groups (broad SMARTS) is 1. The summed E-state index contributed by atoms with van der Waals surface area (Å²) in [4.78, 5) is 38.4. The number of piperazine rings is 1. The van der Waals surface area contributed by atoms with Crippen LogP contribution in [0.1, 0.15) is 48.0 Å². The minimum Gasteiger partial charge on any atom is -0.481 e. The minimum absolute atomic E-state index is 0.0977. The average Bonchev–Trinajstić information content (AvgIpc) is 2.33. The van der Waals surface area contributed by atoms with E-state index in [-0.39, 0.29) is 26.1 Å². The molecule has 138 valence electrons. The number of rotatable bonds is 2. The summed E-state index contributed by atoms with van der Waals surface area (Å²) in [5, 5.41) is 9.10. The zero-order valence-corrected chi connectivity index (χ0v) is 15.3. The first-order valence-electron chi connectivity index (χ1n) is 7.98. The van der Waals surface area contributed by atoms with Crippen LogP contribution < -0.4 is 0 Å². The Hall–Kier alpha value is -1.99. The van der Waals surface area contributed by atoms with Gasteiger partial charge in [0, 0.05) is 19.6 Å². The van der Waals surface area contributed by atoms with Crippen molar-refractivity contribution in [1.29, 1.82) is 0 Å². The van der Waals surface area contributed by atoms with Crippen molar-refractivity contribution in [2.24, 2.45) is 0 Å². The molecule has 0 aromatic carbocycles. The summed E-state index contributed by atoms with van der Waals surface area (Å²) in [6.45, 7) is 11.1. The van der Waals surface area contributed by atoms with Crippen LogP contribution >= 0.6 is 0 Å². The van der Waals surface area contributed by atoms with E-state index in [0.29, 0.717) is 0 Å². The first-order chi connectivity index (χ1) is 10.8. The van der Waals surface area contributed by atoms with Gasteiger partial charge in [-0.05, 0) is 41.5 Å². The molecule has 0 bridgehead atoms. The molecule has 8 heteroatoms. The van der Waals surface area contributed by atoms with Crippen LogP contribution in [-0.2, 0) is 14.3 Å². The van der Waals surface area contributed by atoms with E-state index in [4.69, 9.17) is 14.6 Å². The van der Waals surface area contributed by atoms with Crippen LogP contribution in [-0.4, -0.2) is 69.9 Å². The van der Waals surface area contributed by atoms with E-state index < -0.39 is 35.4 Å². The van der Waals surface area contributed by atoms with Crippen molar-refractivity contribution in [1.82, 2.24) is 9.80 Å². The molecular formula is C16H28N2O6. The second kappa shape index (κ2) is 7.27. The highest BCUT2D eigenvalue weighted by atomic mass is 16.6. The minimum atomic E-state index is -1.04. The van der Waals surface area contributed by atoms with Gasteiger partial charge in [0.25, 0.3) is 0 Å². The normalized spacial score (nSPS) is 19.0. The van der Waals surface area contributed by atoms with E-state index >= 15 is 0 Å². The first-order valence-corrected chi connectivity index (χ1v) is 7.98. The fraction of sp³-hybridized carbons (Fsp3) is 0.812. The van der Waals surface area contributed by atoms with Crippen molar-refractivity contribution in [3.05, 3.63) is 0 Å². The third-order valence-electron chi connectivity index (χ3n) is 3.17. The Balaban J connectivity index is 2.82. The molecule has 1 rings (SSSR count). The zero-order chi connectivity index (χ0) is 18.7. The predicted octanol–water partition coefficient (Wildman–Crippen LogP) is 2.32. The monoisotopic (exact) mass is 344 g/mol. The van der Waals surface area contributed by atoms with Crippen molar-refractivity contribution < 1.29 is 29.0 Å². The van der Waals surface area contributed by atoms with Gasteiger partial charge >= 0.3 is 18.2 Å². The second-order valence-corrected chi connectivity index (χ2v) is 7.85. The Bertz CT molecular complexity index is 492. The van der Waals surface area contributed by atoms with E-state index in [1.807, 2.05) is 0 Å². The van der Waals surface area contributed by atoms with E-state index in [1.165, 1.54) is 9.80 Å². The van der Waals surface area contributed by atoms with Crippen LogP contribution in [0.3, 0.4) is 0 Å². The number of carboxylic acids is 1. The lowest BCUT2D eigenvalue weighted by Crippen LogP contribution is -2.58. The molecule has 24 heavy (non-hydrogen) atoms. The lowest BCUT2D eigenvalue weighted by Gasteiger charge is -2.41. The van der Waals surface area contributed by atoms with E-state index in [0.717, 1.165) is 0 Å². The molecule has 1 heterocycles. The lowest BCUT2D eigenvalue weighted by atomic mass is 10.1. The number of amides is 2. The maximum absolute atomic E-state index is 12.3. The summed E-state index contributed by atoms with van der Waals surface area (Å²) in [5.74, 6) is -1.04. The maximum Gasteiger partial charge on any atom is 0.410 e. The summed E-state index contributed by atoms with van der Waals surface area (Å²) in [6.07, 6.45) is -1.35. The molecule has 1 saturated heterocycles. The predicted molar refractivity (Wildman–Crippen MR) is 86.8 cm³/mol.